The third-order valence-corrected chi connectivity index (χ3v) is 2.69. The zero-order valence-electron chi connectivity index (χ0n) is 8.96. The van der Waals surface area contributed by atoms with E-state index in [1.165, 1.54) is 17.5 Å². The second kappa shape index (κ2) is 5.44. The van der Waals surface area contributed by atoms with E-state index in [2.05, 4.69) is 44.2 Å². The Hall–Kier alpha value is -1.29. The first-order chi connectivity index (χ1) is 6.77. The van der Waals surface area contributed by atoms with Crippen molar-refractivity contribution in [2.24, 2.45) is 0 Å². The molecule has 0 fully saturated rings. The maximum absolute atomic E-state index is 8.46. The summed E-state index contributed by atoms with van der Waals surface area (Å²) in [5.41, 5.74) is 2.66. The van der Waals surface area contributed by atoms with Crippen LogP contribution in [0, 0.1) is 11.3 Å². The Bertz CT molecular complexity index is 305. The van der Waals surface area contributed by atoms with Gasteiger partial charge in [0.2, 0.25) is 0 Å². The second-order valence-electron chi connectivity index (χ2n) is 3.71. The fourth-order valence-corrected chi connectivity index (χ4v) is 1.45. The number of rotatable bonds is 4. The SMILES string of the molecule is CCC(C)c1ccc(CCC#N)cc1. The third kappa shape index (κ3) is 2.88. The van der Waals surface area contributed by atoms with E-state index in [1.807, 2.05) is 0 Å². The van der Waals surface area contributed by atoms with Gasteiger partial charge in [0.1, 0.15) is 0 Å². The van der Waals surface area contributed by atoms with Crippen LogP contribution >= 0.6 is 0 Å². The van der Waals surface area contributed by atoms with Gasteiger partial charge in [-0.1, -0.05) is 38.1 Å². The zero-order valence-corrected chi connectivity index (χ0v) is 8.96. The van der Waals surface area contributed by atoms with E-state index in [-0.39, 0.29) is 0 Å². The van der Waals surface area contributed by atoms with Crippen molar-refractivity contribution in [1.29, 1.82) is 5.26 Å². The van der Waals surface area contributed by atoms with Crippen LogP contribution in [0.2, 0.25) is 0 Å². The maximum atomic E-state index is 8.46. The number of nitrogens with zero attached hydrogens (tertiary/aromatic N) is 1. The average Bonchev–Trinajstić information content (AvgIpc) is 2.26. The summed E-state index contributed by atoms with van der Waals surface area (Å²) in [5, 5.41) is 8.46. The molecular formula is C13H17N. The molecule has 1 atom stereocenters. The van der Waals surface area contributed by atoms with Crippen LogP contribution in [0.4, 0.5) is 0 Å². The minimum Gasteiger partial charge on any atom is -0.198 e. The fourth-order valence-electron chi connectivity index (χ4n) is 1.45. The predicted octanol–water partition coefficient (Wildman–Crippen LogP) is 3.66. The van der Waals surface area contributed by atoms with Gasteiger partial charge in [-0.3, -0.25) is 0 Å². The van der Waals surface area contributed by atoms with Gasteiger partial charge in [0.05, 0.1) is 6.07 Å². The van der Waals surface area contributed by atoms with Crippen LogP contribution in [-0.4, -0.2) is 0 Å². The molecule has 1 rings (SSSR count). The molecule has 0 aliphatic heterocycles. The summed E-state index contributed by atoms with van der Waals surface area (Å²) >= 11 is 0. The van der Waals surface area contributed by atoms with E-state index in [0.717, 1.165) is 6.42 Å². The number of nitriles is 1. The Morgan fingerprint density at radius 1 is 1.29 bits per heavy atom. The molecule has 0 aliphatic rings. The molecule has 0 saturated carbocycles. The maximum Gasteiger partial charge on any atom is 0.0625 e. The standard InChI is InChI=1S/C13H17N/c1-3-11(2)13-8-6-12(7-9-13)5-4-10-14/h6-9,11H,3-5H2,1-2H3. The number of benzene rings is 1. The Morgan fingerprint density at radius 2 is 1.93 bits per heavy atom. The lowest BCUT2D eigenvalue weighted by molar-refractivity contribution is 0.733. The van der Waals surface area contributed by atoms with Crippen LogP contribution in [-0.2, 0) is 6.42 Å². The Morgan fingerprint density at radius 3 is 2.43 bits per heavy atom. The molecule has 0 heterocycles. The number of hydrogen-bond donors (Lipinski definition) is 0. The van der Waals surface area contributed by atoms with Crippen LogP contribution in [0.5, 0.6) is 0 Å². The van der Waals surface area contributed by atoms with E-state index in [1.54, 1.807) is 0 Å². The van der Waals surface area contributed by atoms with Gasteiger partial charge in [-0.15, -0.1) is 0 Å². The van der Waals surface area contributed by atoms with Gasteiger partial charge >= 0.3 is 0 Å². The molecule has 0 aromatic heterocycles. The smallest absolute Gasteiger partial charge is 0.0625 e. The van der Waals surface area contributed by atoms with Crippen LogP contribution in [0.15, 0.2) is 24.3 Å². The summed E-state index contributed by atoms with van der Waals surface area (Å²) in [6.07, 6.45) is 2.66. The van der Waals surface area contributed by atoms with Crippen molar-refractivity contribution in [3.05, 3.63) is 35.4 Å². The van der Waals surface area contributed by atoms with E-state index in [0.29, 0.717) is 12.3 Å². The van der Waals surface area contributed by atoms with Gasteiger partial charge in [-0.05, 0) is 29.9 Å². The Balaban J connectivity index is 2.64. The van der Waals surface area contributed by atoms with Crippen molar-refractivity contribution < 1.29 is 0 Å². The summed E-state index contributed by atoms with van der Waals surface area (Å²) in [7, 11) is 0. The molecule has 14 heavy (non-hydrogen) atoms. The number of hydrogen-bond acceptors (Lipinski definition) is 1. The van der Waals surface area contributed by atoms with Crippen LogP contribution in [0.3, 0.4) is 0 Å². The molecule has 74 valence electrons. The second-order valence-corrected chi connectivity index (χ2v) is 3.71. The lowest BCUT2D eigenvalue weighted by atomic mass is 9.97. The Labute approximate surface area is 86.4 Å². The minimum absolute atomic E-state index is 0.614. The lowest BCUT2D eigenvalue weighted by Crippen LogP contribution is -1.91. The third-order valence-electron chi connectivity index (χ3n) is 2.69. The van der Waals surface area contributed by atoms with Crippen molar-refractivity contribution in [2.75, 3.05) is 0 Å². The molecule has 1 heteroatoms. The summed E-state index contributed by atoms with van der Waals surface area (Å²) in [6.45, 7) is 4.44. The topological polar surface area (TPSA) is 23.8 Å². The van der Waals surface area contributed by atoms with E-state index >= 15 is 0 Å². The normalized spacial score (nSPS) is 12.1. The van der Waals surface area contributed by atoms with Crippen LogP contribution < -0.4 is 0 Å². The molecule has 0 bridgehead atoms. The molecule has 0 spiro atoms. The first-order valence-corrected chi connectivity index (χ1v) is 5.23. The molecule has 0 N–H and O–H groups in total. The lowest BCUT2D eigenvalue weighted by Gasteiger charge is -2.09. The summed E-state index contributed by atoms with van der Waals surface area (Å²) < 4.78 is 0. The van der Waals surface area contributed by atoms with Crippen LogP contribution in [0.25, 0.3) is 0 Å². The molecule has 1 aromatic carbocycles. The molecule has 0 saturated heterocycles. The highest BCUT2D eigenvalue weighted by molar-refractivity contribution is 5.25. The summed E-state index contributed by atoms with van der Waals surface area (Å²) in [4.78, 5) is 0. The first kappa shape index (κ1) is 10.8. The number of aryl methyl sites for hydroxylation is 1. The average molecular weight is 187 g/mol. The zero-order chi connectivity index (χ0) is 10.4. The van der Waals surface area contributed by atoms with Gasteiger partial charge in [-0.2, -0.15) is 5.26 Å². The predicted molar refractivity (Wildman–Crippen MR) is 59.1 cm³/mol. The molecule has 0 amide bonds. The monoisotopic (exact) mass is 187 g/mol. The molecule has 1 unspecified atom stereocenters. The van der Waals surface area contributed by atoms with Crippen molar-refractivity contribution in [3.8, 4) is 6.07 Å². The molecule has 0 aliphatic carbocycles. The van der Waals surface area contributed by atoms with E-state index in [9.17, 15) is 0 Å². The molecule has 1 nitrogen and oxygen atoms in total. The van der Waals surface area contributed by atoms with Gasteiger partial charge < -0.3 is 0 Å². The minimum atomic E-state index is 0.614. The van der Waals surface area contributed by atoms with Crippen molar-refractivity contribution in [1.82, 2.24) is 0 Å². The fraction of sp³-hybridized carbons (Fsp3) is 0.462. The molecule has 0 radical (unpaired) electrons. The quantitative estimate of drug-likeness (QED) is 0.705. The highest BCUT2D eigenvalue weighted by Crippen LogP contribution is 2.19. The largest absolute Gasteiger partial charge is 0.198 e. The van der Waals surface area contributed by atoms with Crippen molar-refractivity contribution >= 4 is 0 Å². The van der Waals surface area contributed by atoms with Gasteiger partial charge in [-0.25, -0.2) is 0 Å². The highest BCUT2D eigenvalue weighted by atomic mass is 14.2. The van der Waals surface area contributed by atoms with E-state index < -0.39 is 0 Å². The highest BCUT2D eigenvalue weighted by Gasteiger charge is 2.01. The molecule has 1 aromatic rings. The van der Waals surface area contributed by atoms with Crippen LogP contribution in [0.1, 0.15) is 43.7 Å². The summed E-state index contributed by atoms with van der Waals surface area (Å²) in [5.74, 6) is 0.639. The van der Waals surface area contributed by atoms with E-state index in [4.69, 9.17) is 5.26 Å². The first-order valence-electron chi connectivity index (χ1n) is 5.23. The van der Waals surface area contributed by atoms with Gasteiger partial charge in [0.25, 0.3) is 0 Å². The van der Waals surface area contributed by atoms with Crippen molar-refractivity contribution in [3.63, 3.8) is 0 Å². The van der Waals surface area contributed by atoms with Gasteiger partial charge in [0, 0.05) is 6.42 Å². The summed E-state index contributed by atoms with van der Waals surface area (Å²) in [6, 6.07) is 10.8. The van der Waals surface area contributed by atoms with Gasteiger partial charge in [0.15, 0.2) is 0 Å². The molecular weight excluding hydrogens is 170 g/mol. The van der Waals surface area contributed by atoms with Crippen molar-refractivity contribution in [2.45, 2.75) is 39.0 Å². The Kier molecular flexibility index (Phi) is 4.19.